The molecule has 0 bridgehead atoms. The zero-order valence-electron chi connectivity index (χ0n) is 15.3. The second-order valence-electron chi connectivity index (χ2n) is 6.61. The fourth-order valence-corrected chi connectivity index (χ4v) is 3.67. The molecule has 5 nitrogen and oxygen atoms in total. The SMILES string of the molecule is CN1C(=O)C(=Cc2cn(Cc3c(F)cccc3Cl)c3ccccc23)C(=O)NC1=S. The van der Waals surface area contributed by atoms with E-state index in [1.165, 1.54) is 24.1 Å². The van der Waals surface area contributed by atoms with Gasteiger partial charge in [0.1, 0.15) is 11.4 Å². The van der Waals surface area contributed by atoms with Crippen LogP contribution in [0.4, 0.5) is 4.39 Å². The van der Waals surface area contributed by atoms with Gasteiger partial charge in [-0.05, 0) is 36.5 Å². The molecule has 2 aromatic carbocycles. The number of nitrogens with one attached hydrogen (secondary N) is 1. The lowest BCUT2D eigenvalue weighted by atomic mass is 10.1. The van der Waals surface area contributed by atoms with Crippen LogP contribution in [-0.2, 0) is 16.1 Å². The van der Waals surface area contributed by atoms with Gasteiger partial charge >= 0.3 is 0 Å². The summed E-state index contributed by atoms with van der Waals surface area (Å²) < 4.78 is 16.1. The minimum Gasteiger partial charge on any atom is -0.342 e. The molecule has 1 aromatic heterocycles. The Labute approximate surface area is 176 Å². The highest BCUT2D eigenvalue weighted by Crippen LogP contribution is 2.27. The predicted octanol–water partition coefficient (Wildman–Crippen LogP) is 3.74. The van der Waals surface area contributed by atoms with Gasteiger partial charge in [0.15, 0.2) is 5.11 Å². The normalized spacial score (nSPS) is 16.0. The van der Waals surface area contributed by atoms with Gasteiger partial charge in [0.25, 0.3) is 11.8 Å². The van der Waals surface area contributed by atoms with Crippen LogP contribution in [0.5, 0.6) is 0 Å². The fraction of sp³-hybridized carbons (Fsp3) is 0.0952. The van der Waals surface area contributed by atoms with E-state index in [4.69, 9.17) is 23.8 Å². The molecule has 0 radical (unpaired) electrons. The highest BCUT2D eigenvalue weighted by molar-refractivity contribution is 7.80. The van der Waals surface area contributed by atoms with Crippen molar-refractivity contribution in [1.29, 1.82) is 0 Å². The Hall–Kier alpha value is -3.03. The van der Waals surface area contributed by atoms with Crippen LogP contribution in [0.1, 0.15) is 11.1 Å². The standard InChI is InChI=1S/C21H15ClFN3O2S/c1-25-20(28)14(19(27)24-21(25)29)9-12-10-26(18-8-3-2-5-13(12)18)11-15-16(22)6-4-7-17(15)23/h2-10H,11H2,1H3,(H,24,27,29). The first-order valence-electron chi connectivity index (χ1n) is 8.72. The maximum Gasteiger partial charge on any atom is 0.265 e. The summed E-state index contributed by atoms with van der Waals surface area (Å²) in [4.78, 5) is 26.0. The molecule has 29 heavy (non-hydrogen) atoms. The Morgan fingerprint density at radius 3 is 2.69 bits per heavy atom. The number of carbonyl (C=O) groups is 2. The molecule has 8 heteroatoms. The van der Waals surface area contributed by atoms with Crippen LogP contribution in [0, 0.1) is 5.82 Å². The minimum atomic E-state index is -0.549. The second-order valence-corrected chi connectivity index (χ2v) is 7.41. The third-order valence-corrected chi connectivity index (χ3v) is 5.54. The summed E-state index contributed by atoms with van der Waals surface area (Å²) in [6.45, 7) is 0.208. The lowest BCUT2D eigenvalue weighted by molar-refractivity contribution is -0.128. The molecule has 1 aliphatic rings. The van der Waals surface area contributed by atoms with Crippen LogP contribution in [0.15, 0.2) is 54.2 Å². The van der Waals surface area contributed by atoms with Crippen molar-refractivity contribution in [3.63, 3.8) is 0 Å². The Morgan fingerprint density at radius 2 is 1.93 bits per heavy atom. The lowest BCUT2D eigenvalue weighted by Crippen LogP contribution is -2.52. The van der Waals surface area contributed by atoms with E-state index in [9.17, 15) is 14.0 Å². The highest BCUT2D eigenvalue weighted by Gasteiger charge is 2.31. The largest absolute Gasteiger partial charge is 0.342 e. The summed E-state index contributed by atoms with van der Waals surface area (Å²) in [6.07, 6.45) is 3.30. The molecule has 1 aliphatic heterocycles. The molecule has 2 amide bonds. The molecule has 146 valence electrons. The van der Waals surface area contributed by atoms with Crippen molar-refractivity contribution in [2.45, 2.75) is 6.54 Å². The molecular formula is C21H15ClFN3O2S. The van der Waals surface area contributed by atoms with Gasteiger partial charge in [-0.3, -0.25) is 19.8 Å². The molecule has 0 spiro atoms. The number of carbonyl (C=O) groups excluding carboxylic acids is 2. The van der Waals surface area contributed by atoms with E-state index in [1.807, 2.05) is 28.8 Å². The van der Waals surface area contributed by atoms with E-state index in [1.54, 1.807) is 18.3 Å². The number of aromatic nitrogens is 1. The van der Waals surface area contributed by atoms with Crippen molar-refractivity contribution in [1.82, 2.24) is 14.8 Å². The van der Waals surface area contributed by atoms with E-state index in [0.717, 1.165) is 10.9 Å². The van der Waals surface area contributed by atoms with Crippen molar-refractivity contribution >= 4 is 57.7 Å². The van der Waals surface area contributed by atoms with Gasteiger partial charge in [-0.25, -0.2) is 4.39 Å². The van der Waals surface area contributed by atoms with Crippen LogP contribution in [0.25, 0.3) is 17.0 Å². The van der Waals surface area contributed by atoms with Crippen LogP contribution >= 0.6 is 23.8 Å². The maximum absolute atomic E-state index is 14.3. The molecule has 1 fully saturated rings. The predicted molar refractivity (Wildman–Crippen MR) is 114 cm³/mol. The third kappa shape index (κ3) is 3.43. The number of likely N-dealkylation sites (N-methyl/N-ethyl adjacent to an activating group) is 1. The number of thiocarbonyl (C=S) groups is 1. The van der Waals surface area contributed by atoms with Crippen LogP contribution in [0.2, 0.25) is 5.02 Å². The smallest absolute Gasteiger partial charge is 0.265 e. The first-order valence-corrected chi connectivity index (χ1v) is 9.51. The number of halogens is 2. The van der Waals surface area contributed by atoms with Crippen LogP contribution in [-0.4, -0.2) is 33.4 Å². The van der Waals surface area contributed by atoms with Crippen molar-refractivity contribution in [2.75, 3.05) is 7.05 Å². The zero-order chi connectivity index (χ0) is 20.7. The van der Waals surface area contributed by atoms with E-state index in [-0.39, 0.29) is 17.2 Å². The molecule has 0 aliphatic carbocycles. The molecular weight excluding hydrogens is 413 g/mol. The molecule has 0 unspecified atom stereocenters. The summed E-state index contributed by atoms with van der Waals surface area (Å²) in [5, 5.41) is 3.71. The summed E-state index contributed by atoms with van der Waals surface area (Å²) >= 11 is 11.2. The number of rotatable bonds is 3. The second kappa shape index (κ2) is 7.42. The van der Waals surface area contributed by atoms with Gasteiger partial charge in [0.2, 0.25) is 0 Å². The Balaban J connectivity index is 1.82. The Morgan fingerprint density at radius 1 is 1.17 bits per heavy atom. The molecule has 1 saturated heterocycles. The fourth-order valence-electron chi connectivity index (χ4n) is 3.28. The van der Waals surface area contributed by atoms with E-state index in [0.29, 0.717) is 16.1 Å². The van der Waals surface area contributed by atoms with Gasteiger partial charge in [-0.15, -0.1) is 0 Å². The monoisotopic (exact) mass is 427 g/mol. The third-order valence-electron chi connectivity index (χ3n) is 4.81. The van der Waals surface area contributed by atoms with Crippen LogP contribution in [0.3, 0.4) is 0 Å². The molecule has 0 saturated carbocycles. The number of nitrogens with zero attached hydrogens (tertiary/aromatic N) is 2. The minimum absolute atomic E-state index is 0.0204. The topological polar surface area (TPSA) is 54.3 Å². The van der Waals surface area contributed by atoms with E-state index in [2.05, 4.69) is 5.32 Å². The average Bonchev–Trinajstić information content (AvgIpc) is 3.04. The summed E-state index contributed by atoms with van der Waals surface area (Å²) in [7, 11) is 1.50. The number of para-hydroxylation sites is 1. The van der Waals surface area contributed by atoms with Crippen molar-refractivity contribution in [3.05, 3.63) is 76.2 Å². The van der Waals surface area contributed by atoms with Crippen molar-refractivity contribution < 1.29 is 14.0 Å². The van der Waals surface area contributed by atoms with E-state index >= 15 is 0 Å². The zero-order valence-corrected chi connectivity index (χ0v) is 16.9. The Kier molecular flexibility index (Phi) is 4.94. The number of hydrogen-bond acceptors (Lipinski definition) is 3. The summed E-state index contributed by atoms with van der Waals surface area (Å²) in [5.41, 5.74) is 1.83. The number of benzene rings is 2. The number of fused-ring (bicyclic) bond motifs is 1. The first-order chi connectivity index (χ1) is 13.9. The molecule has 1 N–H and O–H groups in total. The maximum atomic E-state index is 14.3. The van der Waals surface area contributed by atoms with Crippen molar-refractivity contribution in [3.8, 4) is 0 Å². The summed E-state index contributed by atoms with van der Waals surface area (Å²) in [6, 6.07) is 12.0. The van der Waals surface area contributed by atoms with Crippen molar-refractivity contribution in [2.24, 2.45) is 0 Å². The number of hydrogen-bond donors (Lipinski definition) is 1. The molecule has 2 heterocycles. The van der Waals surface area contributed by atoms with Gasteiger partial charge in [-0.1, -0.05) is 35.9 Å². The van der Waals surface area contributed by atoms with Gasteiger partial charge in [0, 0.05) is 40.3 Å². The number of amides is 2. The van der Waals surface area contributed by atoms with Gasteiger partial charge < -0.3 is 4.57 Å². The summed E-state index contributed by atoms with van der Waals surface area (Å²) in [5.74, 6) is -1.42. The lowest BCUT2D eigenvalue weighted by Gasteiger charge is -2.24. The molecule has 3 aromatic rings. The first kappa shape index (κ1) is 19.3. The average molecular weight is 428 g/mol. The van der Waals surface area contributed by atoms with Gasteiger partial charge in [0.05, 0.1) is 6.54 Å². The Bertz CT molecular complexity index is 1200. The molecule has 4 rings (SSSR count). The van der Waals surface area contributed by atoms with Gasteiger partial charge in [-0.2, -0.15) is 0 Å². The highest BCUT2D eigenvalue weighted by atomic mass is 35.5. The van der Waals surface area contributed by atoms with E-state index < -0.39 is 17.6 Å². The van der Waals surface area contributed by atoms with Crippen LogP contribution < -0.4 is 5.32 Å². The quantitative estimate of drug-likeness (QED) is 0.393. The molecule has 0 atom stereocenters.